The van der Waals surface area contributed by atoms with E-state index in [0.29, 0.717) is 21.5 Å². The van der Waals surface area contributed by atoms with Gasteiger partial charge in [0.1, 0.15) is 11.5 Å². The third kappa shape index (κ3) is 3.29. The van der Waals surface area contributed by atoms with Gasteiger partial charge < -0.3 is 15.7 Å². The van der Waals surface area contributed by atoms with E-state index in [1.807, 2.05) is 0 Å². The first kappa shape index (κ1) is 14.8. The van der Waals surface area contributed by atoms with Gasteiger partial charge in [-0.2, -0.15) is 0 Å². The van der Waals surface area contributed by atoms with Gasteiger partial charge in [0, 0.05) is 16.6 Å². The van der Waals surface area contributed by atoms with Crippen molar-refractivity contribution in [3.05, 3.63) is 62.6 Å². The summed E-state index contributed by atoms with van der Waals surface area (Å²) in [6, 6.07) is 10.7. The highest BCUT2D eigenvalue weighted by molar-refractivity contribution is 9.10. The maximum absolute atomic E-state index is 10.6. The van der Waals surface area contributed by atoms with Crippen LogP contribution >= 0.6 is 15.9 Å². The summed E-state index contributed by atoms with van der Waals surface area (Å²) in [5.41, 5.74) is 5.97. The summed E-state index contributed by atoms with van der Waals surface area (Å²) in [7, 11) is 0. The van der Waals surface area contributed by atoms with Crippen LogP contribution in [0.2, 0.25) is 0 Å². The van der Waals surface area contributed by atoms with E-state index in [2.05, 4.69) is 21.1 Å². The Morgan fingerprint density at radius 1 is 1.29 bits per heavy atom. The highest BCUT2D eigenvalue weighted by Crippen LogP contribution is 2.31. The molecule has 2 aromatic carbocycles. The maximum Gasteiger partial charge on any atom is 0.269 e. The molecule has 0 heterocycles. The fourth-order valence-electron chi connectivity index (χ4n) is 1.65. The minimum absolute atomic E-state index is 0.0340. The number of nitrogens with zero attached hydrogens (tertiary/aromatic N) is 2. The summed E-state index contributed by atoms with van der Waals surface area (Å²) < 4.78 is 6.22. The normalized spacial score (nSPS) is 11.2. The van der Waals surface area contributed by atoms with Crippen LogP contribution in [-0.2, 0) is 0 Å². The van der Waals surface area contributed by atoms with Crippen molar-refractivity contribution < 1.29 is 14.9 Å². The number of hydrogen-bond acceptors (Lipinski definition) is 5. The van der Waals surface area contributed by atoms with Gasteiger partial charge in [0.15, 0.2) is 5.84 Å². The number of ether oxygens (including phenoxy) is 1. The second-order valence-electron chi connectivity index (χ2n) is 3.95. The summed E-state index contributed by atoms with van der Waals surface area (Å²) in [6.07, 6.45) is 0. The Bertz CT molecular complexity index is 701. The molecule has 0 unspecified atom stereocenters. The first-order valence-electron chi connectivity index (χ1n) is 5.71. The van der Waals surface area contributed by atoms with Gasteiger partial charge in [-0.25, -0.2) is 0 Å². The largest absolute Gasteiger partial charge is 0.457 e. The van der Waals surface area contributed by atoms with Gasteiger partial charge >= 0.3 is 0 Å². The Morgan fingerprint density at radius 3 is 2.52 bits per heavy atom. The molecule has 7 nitrogen and oxygen atoms in total. The first-order valence-corrected chi connectivity index (χ1v) is 6.51. The molecule has 0 bridgehead atoms. The van der Waals surface area contributed by atoms with E-state index < -0.39 is 4.92 Å². The summed E-state index contributed by atoms with van der Waals surface area (Å²) in [6.45, 7) is 0. The van der Waals surface area contributed by atoms with E-state index in [1.165, 1.54) is 24.3 Å². The molecule has 0 atom stereocenters. The quantitative estimate of drug-likeness (QED) is 0.288. The van der Waals surface area contributed by atoms with Gasteiger partial charge in [-0.15, -0.1) is 0 Å². The fourth-order valence-corrected chi connectivity index (χ4v) is 2.20. The molecule has 2 rings (SSSR count). The molecule has 0 saturated carbocycles. The lowest BCUT2D eigenvalue weighted by atomic mass is 10.2. The number of nitro benzene ring substituents is 1. The summed E-state index contributed by atoms with van der Waals surface area (Å²) in [4.78, 5) is 10.1. The second-order valence-corrected chi connectivity index (χ2v) is 4.81. The van der Waals surface area contributed by atoms with E-state index in [4.69, 9.17) is 15.7 Å². The van der Waals surface area contributed by atoms with E-state index in [1.54, 1.807) is 18.2 Å². The van der Waals surface area contributed by atoms with Crippen molar-refractivity contribution in [3.8, 4) is 11.5 Å². The zero-order valence-corrected chi connectivity index (χ0v) is 12.1. The number of nitro groups is 1. The van der Waals surface area contributed by atoms with Crippen molar-refractivity contribution >= 4 is 27.5 Å². The van der Waals surface area contributed by atoms with Gasteiger partial charge in [0.25, 0.3) is 5.69 Å². The average molecular weight is 352 g/mol. The molecule has 108 valence electrons. The van der Waals surface area contributed by atoms with Crippen molar-refractivity contribution in [2.75, 3.05) is 0 Å². The number of halogens is 1. The predicted octanol–water partition coefficient (Wildman–Crippen LogP) is 3.24. The average Bonchev–Trinajstić information content (AvgIpc) is 2.47. The zero-order chi connectivity index (χ0) is 15.4. The number of amidine groups is 1. The monoisotopic (exact) mass is 351 g/mol. The Labute approximate surface area is 127 Å². The van der Waals surface area contributed by atoms with Crippen molar-refractivity contribution in [1.29, 1.82) is 0 Å². The van der Waals surface area contributed by atoms with Gasteiger partial charge in [0.05, 0.1) is 10.5 Å². The van der Waals surface area contributed by atoms with Crippen LogP contribution < -0.4 is 10.5 Å². The third-order valence-electron chi connectivity index (χ3n) is 2.61. The molecule has 0 radical (unpaired) electrons. The zero-order valence-electron chi connectivity index (χ0n) is 10.6. The summed E-state index contributed by atoms with van der Waals surface area (Å²) in [5, 5.41) is 22.4. The number of rotatable bonds is 4. The lowest BCUT2D eigenvalue weighted by Crippen LogP contribution is -2.15. The molecule has 3 N–H and O–H groups in total. The molecular formula is C13H10BrN3O4. The van der Waals surface area contributed by atoms with Crippen molar-refractivity contribution in [2.24, 2.45) is 10.9 Å². The van der Waals surface area contributed by atoms with Crippen LogP contribution in [0.3, 0.4) is 0 Å². The van der Waals surface area contributed by atoms with E-state index in [9.17, 15) is 10.1 Å². The van der Waals surface area contributed by atoms with E-state index in [-0.39, 0.29) is 11.5 Å². The number of oxime groups is 1. The first-order chi connectivity index (χ1) is 10.0. The molecule has 0 aliphatic rings. The summed E-state index contributed by atoms with van der Waals surface area (Å²) >= 11 is 3.29. The highest BCUT2D eigenvalue weighted by Gasteiger charge is 2.14. The van der Waals surface area contributed by atoms with Crippen LogP contribution in [0.15, 0.2) is 52.1 Å². The van der Waals surface area contributed by atoms with Crippen LogP contribution in [0.5, 0.6) is 11.5 Å². The van der Waals surface area contributed by atoms with Crippen molar-refractivity contribution in [1.82, 2.24) is 0 Å². The third-order valence-corrected chi connectivity index (χ3v) is 3.28. The Morgan fingerprint density at radius 2 is 1.95 bits per heavy atom. The second kappa shape index (κ2) is 6.23. The molecule has 0 aliphatic heterocycles. The molecule has 0 saturated heterocycles. The molecule has 0 aromatic heterocycles. The number of hydrogen-bond donors (Lipinski definition) is 2. The van der Waals surface area contributed by atoms with E-state index >= 15 is 0 Å². The number of non-ortho nitro benzene ring substituents is 1. The van der Waals surface area contributed by atoms with Crippen LogP contribution in [0.4, 0.5) is 5.69 Å². The molecule has 0 fully saturated rings. The van der Waals surface area contributed by atoms with Crippen LogP contribution in [0.25, 0.3) is 0 Å². The topological polar surface area (TPSA) is 111 Å². The smallest absolute Gasteiger partial charge is 0.269 e. The van der Waals surface area contributed by atoms with Crippen LogP contribution in [0.1, 0.15) is 5.56 Å². The summed E-state index contributed by atoms with van der Waals surface area (Å²) in [5.74, 6) is 0.638. The maximum atomic E-state index is 10.6. The number of benzene rings is 2. The highest BCUT2D eigenvalue weighted by atomic mass is 79.9. The van der Waals surface area contributed by atoms with Crippen molar-refractivity contribution in [2.45, 2.75) is 0 Å². The molecule has 8 heteroatoms. The predicted molar refractivity (Wildman–Crippen MR) is 79.8 cm³/mol. The molecule has 0 aliphatic carbocycles. The van der Waals surface area contributed by atoms with Gasteiger partial charge in [-0.3, -0.25) is 10.1 Å². The Kier molecular flexibility index (Phi) is 4.39. The number of nitrogens with two attached hydrogens (primary N) is 1. The van der Waals surface area contributed by atoms with E-state index in [0.717, 1.165) is 0 Å². The lowest BCUT2D eigenvalue weighted by Gasteiger charge is -2.11. The lowest BCUT2D eigenvalue weighted by molar-refractivity contribution is -0.384. The molecule has 0 spiro atoms. The van der Waals surface area contributed by atoms with Gasteiger partial charge in [-0.05, 0) is 40.2 Å². The standard InChI is InChI=1S/C13H10BrN3O4/c14-10-2-1-3-11(12(10)13(15)16-18)21-9-6-4-8(5-7-9)17(19)20/h1-7,18H,(H2,15,16). The molecule has 0 amide bonds. The molecule has 2 aromatic rings. The van der Waals surface area contributed by atoms with Gasteiger partial charge in [0.2, 0.25) is 0 Å². The van der Waals surface area contributed by atoms with Gasteiger partial charge in [-0.1, -0.05) is 11.2 Å². The molecule has 21 heavy (non-hydrogen) atoms. The van der Waals surface area contributed by atoms with Crippen LogP contribution in [0, 0.1) is 10.1 Å². The van der Waals surface area contributed by atoms with Crippen molar-refractivity contribution in [3.63, 3.8) is 0 Å². The fraction of sp³-hybridized carbons (Fsp3) is 0. The molecular weight excluding hydrogens is 342 g/mol. The minimum Gasteiger partial charge on any atom is -0.457 e. The Hall–Kier alpha value is -2.61. The minimum atomic E-state index is -0.495. The SMILES string of the molecule is N/C(=N/O)c1c(Br)cccc1Oc1ccc([N+](=O)[O-])cc1. The van der Waals surface area contributed by atoms with Crippen LogP contribution in [-0.4, -0.2) is 16.0 Å². The Balaban J connectivity index is 2.35.